The number of Topliss-reactive ketones (excluding diaryl/α,β-unsaturated/α-hetero) is 1. The standard InChI is InChI=1S/C18H20N4O5/c23-18(14-1-2-16-17(9-14)27-8-7-26-16)13-3-5-20(6-4-13)12-21-11-15(10-19-21)22(24)25/h1-2,9-11,13H,3-8,12H2. The van der Waals surface area contributed by atoms with Crippen LogP contribution < -0.4 is 9.47 Å². The minimum Gasteiger partial charge on any atom is -0.486 e. The number of piperidine rings is 1. The first-order valence-corrected chi connectivity index (χ1v) is 8.93. The Balaban J connectivity index is 1.34. The van der Waals surface area contributed by atoms with Crippen LogP contribution in [0.15, 0.2) is 30.6 Å². The van der Waals surface area contributed by atoms with E-state index in [4.69, 9.17) is 9.47 Å². The van der Waals surface area contributed by atoms with Crippen molar-refractivity contribution in [3.05, 3.63) is 46.3 Å². The van der Waals surface area contributed by atoms with Gasteiger partial charge in [-0.15, -0.1) is 0 Å². The van der Waals surface area contributed by atoms with Crippen LogP contribution in [-0.4, -0.2) is 51.7 Å². The van der Waals surface area contributed by atoms with Crippen LogP contribution in [-0.2, 0) is 6.67 Å². The number of ketones is 1. The van der Waals surface area contributed by atoms with Crippen molar-refractivity contribution < 1.29 is 19.2 Å². The van der Waals surface area contributed by atoms with Gasteiger partial charge in [-0.1, -0.05) is 0 Å². The molecular formula is C18H20N4O5. The van der Waals surface area contributed by atoms with Crippen LogP contribution in [0.1, 0.15) is 23.2 Å². The second-order valence-electron chi connectivity index (χ2n) is 6.75. The summed E-state index contributed by atoms with van der Waals surface area (Å²) in [5.41, 5.74) is 0.638. The summed E-state index contributed by atoms with van der Waals surface area (Å²) in [6.45, 7) is 2.99. The Hall–Kier alpha value is -2.94. The molecular weight excluding hydrogens is 352 g/mol. The average molecular weight is 372 g/mol. The molecule has 0 atom stereocenters. The molecule has 27 heavy (non-hydrogen) atoms. The molecule has 0 N–H and O–H groups in total. The van der Waals surface area contributed by atoms with Gasteiger partial charge in [-0.05, 0) is 31.0 Å². The van der Waals surface area contributed by atoms with E-state index in [-0.39, 0.29) is 17.4 Å². The normalized spacial score (nSPS) is 17.6. The third kappa shape index (κ3) is 3.77. The molecule has 2 aromatic rings. The van der Waals surface area contributed by atoms with Gasteiger partial charge in [0, 0.05) is 24.6 Å². The zero-order valence-electron chi connectivity index (χ0n) is 14.7. The summed E-state index contributed by atoms with van der Waals surface area (Å²) in [6.07, 6.45) is 4.16. The highest BCUT2D eigenvalue weighted by Crippen LogP contribution is 2.32. The van der Waals surface area contributed by atoms with E-state index in [0.717, 1.165) is 25.9 Å². The average Bonchev–Trinajstić information content (AvgIpc) is 3.16. The van der Waals surface area contributed by atoms with E-state index >= 15 is 0 Å². The first-order valence-electron chi connectivity index (χ1n) is 8.93. The van der Waals surface area contributed by atoms with Crippen LogP contribution in [0.25, 0.3) is 0 Å². The Kier molecular flexibility index (Phi) is 4.76. The quantitative estimate of drug-likeness (QED) is 0.450. The summed E-state index contributed by atoms with van der Waals surface area (Å²) in [5.74, 6) is 1.41. The molecule has 2 aliphatic heterocycles. The summed E-state index contributed by atoms with van der Waals surface area (Å²) in [7, 11) is 0. The first-order chi connectivity index (χ1) is 13.1. The predicted octanol–water partition coefficient (Wildman–Crippen LogP) is 2.11. The fraction of sp³-hybridized carbons (Fsp3) is 0.444. The molecule has 3 heterocycles. The summed E-state index contributed by atoms with van der Waals surface area (Å²) in [4.78, 5) is 25.2. The number of benzene rings is 1. The first kappa shape index (κ1) is 17.5. The van der Waals surface area contributed by atoms with Crippen molar-refractivity contribution >= 4 is 11.5 Å². The van der Waals surface area contributed by atoms with Crippen LogP contribution in [0.4, 0.5) is 5.69 Å². The van der Waals surface area contributed by atoms with Gasteiger partial charge in [0.25, 0.3) is 0 Å². The van der Waals surface area contributed by atoms with E-state index in [1.54, 1.807) is 22.9 Å². The van der Waals surface area contributed by atoms with E-state index < -0.39 is 4.92 Å². The Morgan fingerprint density at radius 1 is 1.22 bits per heavy atom. The van der Waals surface area contributed by atoms with Gasteiger partial charge < -0.3 is 9.47 Å². The molecule has 2 aliphatic rings. The molecule has 0 unspecified atom stereocenters. The van der Waals surface area contributed by atoms with Crippen molar-refractivity contribution in [2.24, 2.45) is 5.92 Å². The summed E-state index contributed by atoms with van der Waals surface area (Å²) in [6, 6.07) is 5.36. The number of ether oxygens (including phenoxy) is 2. The zero-order chi connectivity index (χ0) is 18.8. The van der Waals surface area contributed by atoms with Crippen molar-refractivity contribution in [1.29, 1.82) is 0 Å². The molecule has 142 valence electrons. The fourth-order valence-corrected chi connectivity index (χ4v) is 3.50. The Morgan fingerprint density at radius 2 is 1.96 bits per heavy atom. The highest BCUT2D eigenvalue weighted by molar-refractivity contribution is 5.98. The lowest BCUT2D eigenvalue weighted by molar-refractivity contribution is -0.385. The predicted molar refractivity (Wildman–Crippen MR) is 94.9 cm³/mol. The van der Waals surface area contributed by atoms with E-state index in [0.29, 0.717) is 36.9 Å². The maximum Gasteiger partial charge on any atom is 0.307 e. The van der Waals surface area contributed by atoms with Crippen LogP contribution >= 0.6 is 0 Å². The maximum atomic E-state index is 12.8. The number of carbonyl (C=O) groups is 1. The Labute approximate surface area is 155 Å². The smallest absolute Gasteiger partial charge is 0.307 e. The van der Waals surface area contributed by atoms with Gasteiger partial charge in [0.1, 0.15) is 25.6 Å². The second kappa shape index (κ2) is 7.36. The van der Waals surface area contributed by atoms with Crippen LogP contribution in [0.3, 0.4) is 0 Å². The Bertz CT molecular complexity index is 857. The summed E-state index contributed by atoms with van der Waals surface area (Å²) in [5, 5.41) is 14.7. The van der Waals surface area contributed by atoms with Crippen molar-refractivity contribution in [2.45, 2.75) is 19.5 Å². The number of nitrogens with zero attached hydrogens (tertiary/aromatic N) is 4. The number of rotatable bonds is 5. The molecule has 0 bridgehead atoms. The van der Waals surface area contributed by atoms with Crippen molar-refractivity contribution in [3.8, 4) is 11.5 Å². The van der Waals surface area contributed by atoms with Gasteiger partial charge in [-0.3, -0.25) is 24.5 Å². The molecule has 1 saturated heterocycles. The SMILES string of the molecule is O=C(c1ccc2c(c1)OCCO2)C1CCN(Cn2cc([N+](=O)[O-])cn2)CC1. The molecule has 1 fully saturated rings. The van der Waals surface area contributed by atoms with E-state index in [1.165, 1.54) is 12.4 Å². The summed E-state index contributed by atoms with van der Waals surface area (Å²) >= 11 is 0. The number of hydrogen-bond donors (Lipinski definition) is 0. The highest BCUT2D eigenvalue weighted by atomic mass is 16.6. The number of likely N-dealkylation sites (tertiary alicyclic amines) is 1. The maximum absolute atomic E-state index is 12.8. The largest absolute Gasteiger partial charge is 0.486 e. The number of carbonyl (C=O) groups excluding carboxylic acids is 1. The van der Waals surface area contributed by atoms with Crippen molar-refractivity contribution in [2.75, 3.05) is 26.3 Å². The molecule has 1 aromatic carbocycles. The number of nitro groups is 1. The third-order valence-electron chi connectivity index (χ3n) is 4.96. The zero-order valence-corrected chi connectivity index (χ0v) is 14.7. The van der Waals surface area contributed by atoms with E-state index in [9.17, 15) is 14.9 Å². The number of hydrogen-bond acceptors (Lipinski definition) is 7. The van der Waals surface area contributed by atoms with Crippen LogP contribution in [0, 0.1) is 16.0 Å². The molecule has 0 amide bonds. The lowest BCUT2D eigenvalue weighted by atomic mass is 9.89. The number of fused-ring (bicyclic) bond motifs is 1. The van der Waals surface area contributed by atoms with Crippen molar-refractivity contribution in [3.63, 3.8) is 0 Å². The molecule has 0 aliphatic carbocycles. The minimum atomic E-state index is -0.457. The number of aromatic nitrogens is 2. The van der Waals surface area contributed by atoms with Gasteiger partial charge in [0.2, 0.25) is 0 Å². The van der Waals surface area contributed by atoms with Gasteiger partial charge >= 0.3 is 5.69 Å². The lowest BCUT2D eigenvalue weighted by Gasteiger charge is -2.31. The molecule has 0 saturated carbocycles. The monoisotopic (exact) mass is 372 g/mol. The van der Waals surface area contributed by atoms with Crippen LogP contribution in [0.5, 0.6) is 11.5 Å². The summed E-state index contributed by atoms with van der Waals surface area (Å²) < 4.78 is 12.6. The van der Waals surface area contributed by atoms with Gasteiger partial charge in [0.05, 0.1) is 11.6 Å². The minimum absolute atomic E-state index is 0.0151. The van der Waals surface area contributed by atoms with Crippen LogP contribution in [0.2, 0.25) is 0 Å². The lowest BCUT2D eigenvalue weighted by Crippen LogP contribution is -2.37. The highest BCUT2D eigenvalue weighted by Gasteiger charge is 2.27. The molecule has 9 heteroatoms. The molecule has 9 nitrogen and oxygen atoms in total. The second-order valence-corrected chi connectivity index (χ2v) is 6.75. The molecule has 0 radical (unpaired) electrons. The van der Waals surface area contributed by atoms with Gasteiger partial charge in [-0.25, -0.2) is 0 Å². The van der Waals surface area contributed by atoms with Gasteiger partial charge in [0.15, 0.2) is 17.3 Å². The molecule has 0 spiro atoms. The fourth-order valence-electron chi connectivity index (χ4n) is 3.50. The molecule has 1 aromatic heterocycles. The Morgan fingerprint density at radius 3 is 2.67 bits per heavy atom. The van der Waals surface area contributed by atoms with E-state index in [2.05, 4.69) is 10.00 Å². The van der Waals surface area contributed by atoms with Crippen molar-refractivity contribution in [1.82, 2.24) is 14.7 Å². The third-order valence-corrected chi connectivity index (χ3v) is 4.96. The molecule has 4 rings (SSSR count). The van der Waals surface area contributed by atoms with Gasteiger partial charge in [-0.2, -0.15) is 5.10 Å². The van der Waals surface area contributed by atoms with E-state index in [1.807, 2.05) is 0 Å². The topological polar surface area (TPSA) is 99.7 Å².